The fraction of sp³-hybridized carbons (Fsp3) is 0.381. The molecule has 150 valence electrons. The Kier molecular flexibility index (Phi) is 6.70. The molecule has 7 heteroatoms. The van der Waals surface area contributed by atoms with Crippen molar-refractivity contribution in [2.24, 2.45) is 0 Å². The van der Waals surface area contributed by atoms with Gasteiger partial charge >= 0.3 is 5.97 Å². The minimum Gasteiger partial charge on any atom is -0.496 e. The second-order valence-electron chi connectivity index (χ2n) is 6.76. The predicted molar refractivity (Wildman–Crippen MR) is 110 cm³/mol. The van der Waals surface area contributed by atoms with E-state index in [1.54, 1.807) is 38.5 Å². The Hall–Kier alpha value is -1.95. The molecule has 0 aromatic heterocycles. The molecule has 0 bridgehead atoms. The third-order valence-corrected chi connectivity index (χ3v) is 5.60. The molecule has 1 aliphatic rings. The van der Waals surface area contributed by atoms with Crippen LogP contribution >= 0.6 is 23.2 Å². The number of nitrogens with zero attached hydrogens (tertiary/aromatic N) is 1. The Bertz CT molecular complexity index is 805. The fourth-order valence-corrected chi connectivity index (χ4v) is 4.25. The molecule has 1 aliphatic heterocycles. The van der Waals surface area contributed by atoms with Crippen LogP contribution in [0.4, 0.5) is 0 Å². The quantitative estimate of drug-likeness (QED) is 0.704. The van der Waals surface area contributed by atoms with Crippen molar-refractivity contribution in [1.82, 2.24) is 4.90 Å². The van der Waals surface area contributed by atoms with E-state index in [-0.39, 0.29) is 0 Å². The molecule has 0 radical (unpaired) electrons. The number of methoxy groups -OCH3 is 2. The summed E-state index contributed by atoms with van der Waals surface area (Å²) in [5.41, 5.74) is 1.56. The molecule has 1 heterocycles. The van der Waals surface area contributed by atoms with Gasteiger partial charge in [0.2, 0.25) is 0 Å². The highest BCUT2D eigenvalue weighted by Crippen LogP contribution is 2.43. The molecular weight excluding hydrogens is 401 g/mol. The molecule has 2 aromatic carbocycles. The van der Waals surface area contributed by atoms with Gasteiger partial charge in [0.05, 0.1) is 20.3 Å². The maximum Gasteiger partial charge on any atom is 0.320 e. The van der Waals surface area contributed by atoms with E-state index in [0.29, 0.717) is 34.5 Å². The number of carboxylic acid groups (broad SMARTS) is 1. The number of hydrogen-bond donors (Lipinski definition) is 1. The first kappa shape index (κ1) is 20.8. The number of aliphatic carboxylic acids is 1. The second kappa shape index (κ2) is 9.03. The number of carboxylic acids is 1. The normalized spacial score (nSPS) is 17.5. The summed E-state index contributed by atoms with van der Waals surface area (Å²) < 4.78 is 11.2. The largest absolute Gasteiger partial charge is 0.496 e. The molecule has 28 heavy (non-hydrogen) atoms. The van der Waals surface area contributed by atoms with Crippen LogP contribution in [0.3, 0.4) is 0 Å². The molecule has 1 atom stereocenters. The van der Waals surface area contributed by atoms with Crippen LogP contribution in [0.15, 0.2) is 36.4 Å². The van der Waals surface area contributed by atoms with Gasteiger partial charge in [-0.3, -0.25) is 9.69 Å². The van der Waals surface area contributed by atoms with E-state index in [2.05, 4.69) is 0 Å². The Morgan fingerprint density at radius 3 is 2.04 bits per heavy atom. The SMILES string of the molecule is COc1ccc(Cl)cc1C(c1cc(Cl)ccc1OC)N1CCCCC1C(=O)O. The van der Waals surface area contributed by atoms with Gasteiger partial charge < -0.3 is 14.6 Å². The van der Waals surface area contributed by atoms with Gasteiger partial charge in [0.15, 0.2) is 0 Å². The fourth-order valence-electron chi connectivity index (χ4n) is 3.89. The first-order chi connectivity index (χ1) is 13.5. The van der Waals surface area contributed by atoms with Crippen LogP contribution in [0.5, 0.6) is 11.5 Å². The average molecular weight is 424 g/mol. The van der Waals surface area contributed by atoms with E-state index in [9.17, 15) is 9.90 Å². The Balaban J connectivity index is 2.24. The summed E-state index contributed by atoms with van der Waals surface area (Å²) >= 11 is 12.6. The van der Waals surface area contributed by atoms with Crippen molar-refractivity contribution in [3.63, 3.8) is 0 Å². The van der Waals surface area contributed by atoms with Crippen LogP contribution in [0.2, 0.25) is 10.0 Å². The minimum absolute atomic E-state index is 0.427. The lowest BCUT2D eigenvalue weighted by atomic mass is 9.90. The van der Waals surface area contributed by atoms with Crippen LogP contribution in [0.1, 0.15) is 36.4 Å². The third-order valence-electron chi connectivity index (χ3n) is 5.13. The van der Waals surface area contributed by atoms with Crippen LogP contribution in [-0.4, -0.2) is 42.8 Å². The lowest BCUT2D eigenvalue weighted by Crippen LogP contribution is -2.47. The van der Waals surface area contributed by atoms with Crippen molar-refractivity contribution in [1.29, 1.82) is 0 Å². The summed E-state index contributed by atoms with van der Waals surface area (Å²) in [5, 5.41) is 11.0. The summed E-state index contributed by atoms with van der Waals surface area (Å²) in [6.45, 7) is 0.632. The highest BCUT2D eigenvalue weighted by Gasteiger charge is 2.37. The molecule has 3 rings (SSSR count). The van der Waals surface area contributed by atoms with Crippen LogP contribution < -0.4 is 9.47 Å². The zero-order valence-electron chi connectivity index (χ0n) is 15.8. The third kappa shape index (κ3) is 4.22. The summed E-state index contributed by atoms with van der Waals surface area (Å²) in [7, 11) is 3.17. The maximum atomic E-state index is 12.0. The Labute approximate surface area is 174 Å². The van der Waals surface area contributed by atoms with Gasteiger partial charge in [-0.25, -0.2) is 0 Å². The van der Waals surface area contributed by atoms with Gasteiger partial charge in [0, 0.05) is 21.2 Å². The zero-order valence-corrected chi connectivity index (χ0v) is 17.3. The standard InChI is InChI=1S/C21H23Cl2NO4/c1-27-18-8-6-13(22)11-15(18)20(16-12-14(23)7-9-19(16)28-2)24-10-4-3-5-17(24)21(25)26/h6-9,11-12,17,20H,3-5,10H2,1-2H3,(H,25,26). The van der Waals surface area contributed by atoms with E-state index >= 15 is 0 Å². The molecule has 0 amide bonds. The van der Waals surface area contributed by atoms with Crippen LogP contribution in [0.25, 0.3) is 0 Å². The van der Waals surface area contributed by atoms with Gasteiger partial charge in [-0.2, -0.15) is 0 Å². The van der Waals surface area contributed by atoms with Crippen molar-refractivity contribution in [3.05, 3.63) is 57.6 Å². The van der Waals surface area contributed by atoms with Crippen molar-refractivity contribution < 1.29 is 19.4 Å². The Morgan fingerprint density at radius 2 is 1.57 bits per heavy atom. The minimum atomic E-state index is -0.841. The topological polar surface area (TPSA) is 59.0 Å². The lowest BCUT2D eigenvalue weighted by molar-refractivity contribution is -0.145. The highest BCUT2D eigenvalue weighted by molar-refractivity contribution is 6.31. The molecule has 0 saturated carbocycles. The molecule has 1 fully saturated rings. The van der Waals surface area contributed by atoms with Gasteiger partial charge in [-0.15, -0.1) is 0 Å². The first-order valence-electron chi connectivity index (χ1n) is 9.11. The van der Waals surface area contributed by atoms with Crippen molar-refractivity contribution >= 4 is 29.2 Å². The number of carbonyl (C=O) groups is 1. The second-order valence-corrected chi connectivity index (χ2v) is 7.64. The van der Waals surface area contributed by atoms with E-state index in [4.69, 9.17) is 32.7 Å². The molecule has 5 nitrogen and oxygen atoms in total. The molecule has 2 aromatic rings. The lowest BCUT2D eigenvalue weighted by Gasteiger charge is -2.40. The first-order valence-corrected chi connectivity index (χ1v) is 9.87. The molecule has 0 spiro atoms. The van der Waals surface area contributed by atoms with Gasteiger partial charge in [0.1, 0.15) is 17.5 Å². The number of ether oxygens (including phenoxy) is 2. The smallest absolute Gasteiger partial charge is 0.320 e. The number of halogens is 2. The van der Waals surface area contributed by atoms with E-state index < -0.39 is 18.1 Å². The molecule has 1 unspecified atom stereocenters. The van der Waals surface area contributed by atoms with Crippen LogP contribution in [-0.2, 0) is 4.79 Å². The summed E-state index contributed by atoms with van der Waals surface area (Å²) in [6, 6.07) is 9.68. The number of benzene rings is 2. The summed E-state index contributed by atoms with van der Waals surface area (Å²) in [6.07, 6.45) is 2.36. The molecular formula is C21H23Cl2NO4. The monoisotopic (exact) mass is 423 g/mol. The van der Waals surface area contributed by atoms with Crippen molar-refractivity contribution in [2.45, 2.75) is 31.3 Å². The predicted octanol–water partition coefficient (Wildman–Crippen LogP) is 5.04. The zero-order chi connectivity index (χ0) is 20.3. The van der Waals surface area contributed by atoms with Gasteiger partial charge in [-0.05, 0) is 55.8 Å². The van der Waals surface area contributed by atoms with E-state index in [1.165, 1.54) is 0 Å². The van der Waals surface area contributed by atoms with Crippen molar-refractivity contribution in [3.8, 4) is 11.5 Å². The summed E-state index contributed by atoms with van der Waals surface area (Å²) in [4.78, 5) is 14.0. The maximum absolute atomic E-state index is 12.0. The van der Waals surface area contributed by atoms with Gasteiger partial charge in [0.25, 0.3) is 0 Å². The summed E-state index contributed by atoms with van der Waals surface area (Å²) in [5.74, 6) is 0.420. The van der Waals surface area contributed by atoms with Crippen LogP contribution in [0, 0.1) is 0 Å². The van der Waals surface area contributed by atoms with Gasteiger partial charge in [-0.1, -0.05) is 29.6 Å². The Morgan fingerprint density at radius 1 is 1.04 bits per heavy atom. The highest BCUT2D eigenvalue weighted by atomic mass is 35.5. The number of hydrogen-bond acceptors (Lipinski definition) is 4. The number of rotatable bonds is 6. The number of piperidine rings is 1. The number of likely N-dealkylation sites (tertiary alicyclic amines) is 1. The molecule has 0 aliphatic carbocycles. The molecule has 1 saturated heterocycles. The van der Waals surface area contributed by atoms with E-state index in [1.807, 2.05) is 17.0 Å². The van der Waals surface area contributed by atoms with E-state index in [0.717, 1.165) is 24.0 Å². The van der Waals surface area contributed by atoms with Crippen molar-refractivity contribution in [2.75, 3.05) is 20.8 Å². The average Bonchev–Trinajstić information content (AvgIpc) is 2.69. The molecule has 1 N–H and O–H groups in total.